The zero-order valence-electron chi connectivity index (χ0n) is 14.8. The molecule has 2 N–H and O–H groups in total. The number of likely N-dealkylation sites (tertiary alicyclic amines) is 1. The normalized spacial score (nSPS) is 26.2. The monoisotopic (exact) mass is 345 g/mol. The van der Waals surface area contributed by atoms with E-state index in [1.54, 1.807) is 4.90 Å². The van der Waals surface area contributed by atoms with Crippen molar-refractivity contribution in [2.24, 2.45) is 11.7 Å². The maximum Gasteiger partial charge on any atom is 0.239 e. The number of primary amides is 1. The number of nitrogens with zero attached hydrogens (tertiary/aromatic N) is 2. The lowest BCUT2D eigenvalue weighted by Crippen LogP contribution is -2.54. The smallest absolute Gasteiger partial charge is 0.239 e. The molecule has 25 heavy (non-hydrogen) atoms. The minimum absolute atomic E-state index is 0.00933. The first-order chi connectivity index (χ1) is 12.1. The van der Waals surface area contributed by atoms with Crippen molar-refractivity contribution in [2.45, 2.75) is 31.9 Å². The van der Waals surface area contributed by atoms with Crippen LogP contribution >= 0.6 is 0 Å². The first-order valence-corrected chi connectivity index (χ1v) is 9.05. The van der Waals surface area contributed by atoms with Crippen molar-refractivity contribution in [1.82, 2.24) is 9.80 Å². The number of ether oxygens (including phenoxy) is 1. The molecule has 0 aromatic heterocycles. The molecule has 6 heteroatoms. The van der Waals surface area contributed by atoms with Crippen molar-refractivity contribution in [3.63, 3.8) is 0 Å². The Morgan fingerprint density at radius 2 is 1.96 bits per heavy atom. The molecule has 3 rings (SSSR count). The number of nitrogens with two attached hydrogens (primary N) is 1. The van der Waals surface area contributed by atoms with Gasteiger partial charge in [-0.15, -0.1) is 0 Å². The molecule has 2 heterocycles. The number of piperidine rings is 1. The molecule has 0 spiro atoms. The van der Waals surface area contributed by atoms with E-state index in [0.717, 1.165) is 24.9 Å². The van der Waals surface area contributed by atoms with Gasteiger partial charge in [0.2, 0.25) is 11.8 Å². The third-order valence-corrected chi connectivity index (χ3v) is 5.31. The van der Waals surface area contributed by atoms with E-state index in [1.807, 2.05) is 25.1 Å². The van der Waals surface area contributed by atoms with Gasteiger partial charge in [-0.3, -0.25) is 14.5 Å². The molecule has 3 atom stereocenters. The molecule has 1 aromatic carbocycles. The highest BCUT2D eigenvalue weighted by atomic mass is 16.5. The van der Waals surface area contributed by atoms with E-state index in [-0.39, 0.29) is 29.9 Å². The third-order valence-electron chi connectivity index (χ3n) is 5.31. The number of carbonyl (C=O) groups is 2. The predicted octanol–water partition coefficient (Wildman–Crippen LogP) is 1.17. The second-order valence-corrected chi connectivity index (χ2v) is 6.97. The van der Waals surface area contributed by atoms with Gasteiger partial charge < -0.3 is 15.4 Å². The molecule has 0 bridgehead atoms. The van der Waals surface area contributed by atoms with Crippen LogP contribution in [0.2, 0.25) is 0 Å². The van der Waals surface area contributed by atoms with Gasteiger partial charge in [-0.05, 0) is 25.3 Å². The number of benzene rings is 1. The molecule has 2 fully saturated rings. The van der Waals surface area contributed by atoms with E-state index in [2.05, 4.69) is 17.0 Å². The van der Waals surface area contributed by atoms with E-state index < -0.39 is 0 Å². The summed E-state index contributed by atoms with van der Waals surface area (Å²) in [5.74, 6) is -0.438. The summed E-state index contributed by atoms with van der Waals surface area (Å²) in [7, 11) is 0. The van der Waals surface area contributed by atoms with Gasteiger partial charge in [0.15, 0.2) is 0 Å². The Hall–Kier alpha value is -1.92. The summed E-state index contributed by atoms with van der Waals surface area (Å²) in [6, 6.07) is 9.89. The summed E-state index contributed by atoms with van der Waals surface area (Å²) < 4.78 is 5.89. The van der Waals surface area contributed by atoms with E-state index >= 15 is 0 Å². The Morgan fingerprint density at radius 1 is 1.20 bits per heavy atom. The Labute approximate surface area is 148 Å². The van der Waals surface area contributed by atoms with Gasteiger partial charge >= 0.3 is 0 Å². The van der Waals surface area contributed by atoms with Crippen LogP contribution < -0.4 is 5.73 Å². The molecule has 2 saturated heterocycles. The van der Waals surface area contributed by atoms with Crippen LogP contribution in [0.5, 0.6) is 0 Å². The quantitative estimate of drug-likeness (QED) is 0.889. The molecule has 2 aliphatic rings. The number of hydrogen-bond donors (Lipinski definition) is 1. The lowest BCUT2D eigenvalue weighted by molar-refractivity contribution is -0.142. The second kappa shape index (κ2) is 7.97. The standard InChI is InChI=1S/C19H27N3O3/c1-14(19(24)22-9-5-8-16(12-22)18(20)23)21-10-11-25-17(13-21)15-6-3-2-4-7-15/h2-4,6-7,14,16-17H,5,8-13H2,1H3,(H2,20,23)/t14-,16-,17+/m1/s1. The lowest BCUT2D eigenvalue weighted by Gasteiger charge is -2.39. The molecule has 1 aromatic rings. The molecule has 2 amide bonds. The fourth-order valence-corrected chi connectivity index (χ4v) is 3.72. The maximum atomic E-state index is 12.9. The molecule has 0 radical (unpaired) electrons. The predicted molar refractivity (Wildman–Crippen MR) is 94.7 cm³/mol. The maximum absolute atomic E-state index is 12.9. The van der Waals surface area contributed by atoms with Crippen LogP contribution in [0.1, 0.15) is 31.4 Å². The first kappa shape index (κ1) is 17.9. The highest BCUT2D eigenvalue weighted by Crippen LogP contribution is 2.24. The summed E-state index contributed by atoms with van der Waals surface area (Å²) in [4.78, 5) is 28.3. The molecule has 6 nitrogen and oxygen atoms in total. The van der Waals surface area contributed by atoms with Gasteiger partial charge in [0.25, 0.3) is 0 Å². The zero-order valence-corrected chi connectivity index (χ0v) is 14.8. The van der Waals surface area contributed by atoms with E-state index in [0.29, 0.717) is 26.2 Å². The molecular formula is C19H27N3O3. The molecular weight excluding hydrogens is 318 g/mol. The van der Waals surface area contributed by atoms with E-state index in [9.17, 15) is 9.59 Å². The van der Waals surface area contributed by atoms with Gasteiger partial charge in [-0.1, -0.05) is 30.3 Å². The average molecular weight is 345 g/mol. The SMILES string of the molecule is C[C@H](C(=O)N1CCC[C@@H](C(N)=O)C1)N1CCO[C@H](c2ccccc2)C1. The summed E-state index contributed by atoms with van der Waals surface area (Å²) >= 11 is 0. The number of hydrogen-bond acceptors (Lipinski definition) is 4. The second-order valence-electron chi connectivity index (χ2n) is 6.97. The Balaban J connectivity index is 1.62. The minimum Gasteiger partial charge on any atom is -0.371 e. The topological polar surface area (TPSA) is 75.9 Å². The van der Waals surface area contributed by atoms with Gasteiger partial charge in [0.05, 0.1) is 24.7 Å². The van der Waals surface area contributed by atoms with Crippen molar-refractivity contribution < 1.29 is 14.3 Å². The molecule has 0 aliphatic carbocycles. The Kier molecular flexibility index (Phi) is 5.71. The highest BCUT2D eigenvalue weighted by Gasteiger charge is 2.34. The van der Waals surface area contributed by atoms with Crippen molar-refractivity contribution >= 4 is 11.8 Å². The molecule has 0 saturated carbocycles. The van der Waals surface area contributed by atoms with E-state index in [4.69, 9.17) is 10.5 Å². The third kappa shape index (κ3) is 4.19. The largest absolute Gasteiger partial charge is 0.371 e. The first-order valence-electron chi connectivity index (χ1n) is 9.05. The van der Waals surface area contributed by atoms with Crippen LogP contribution in [0.25, 0.3) is 0 Å². The van der Waals surface area contributed by atoms with Gasteiger partial charge in [0, 0.05) is 26.2 Å². The van der Waals surface area contributed by atoms with Crippen LogP contribution in [0.15, 0.2) is 30.3 Å². The van der Waals surface area contributed by atoms with Gasteiger partial charge in [-0.2, -0.15) is 0 Å². The fraction of sp³-hybridized carbons (Fsp3) is 0.579. The molecule has 136 valence electrons. The van der Waals surface area contributed by atoms with Crippen LogP contribution in [0, 0.1) is 5.92 Å². The van der Waals surface area contributed by atoms with Crippen LogP contribution in [-0.4, -0.2) is 60.4 Å². The lowest BCUT2D eigenvalue weighted by atomic mass is 9.97. The number of morpholine rings is 1. The van der Waals surface area contributed by atoms with Gasteiger partial charge in [0.1, 0.15) is 0 Å². The number of carbonyl (C=O) groups excluding carboxylic acids is 2. The zero-order chi connectivity index (χ0) is 17.8. The van der Waals surface area contributed by atoms with Crippen LogP contribution in [0.4, 0.5) is 0 Å². The number of amides is 2. The Bertz CT molecular complexity index is 607. The highest BCUT2D eigenvalue weighted by molar-refractivity contribution is 5.83. The molecule has 2 aliphatic heterocycles. The van der Waals surface area contributed by atoms with Crippen molar-refractivity contribution in [3.05, 3.63) is 35.9 Å². The summed E-state index contributed by atoms with van der Waals surface area (Å²) in [5.41, 5.74) is 6.56. The van der Waals surface area contributed by atoms with Crippen molar-refractivity contribution in [3.8, 4) is 0 Å². The number of rotatable bonds is 4. The van der Waals surface area contributed by atoms with Crippen molar-refractivity contribution in [1.29, 1.82) is 0 Å². The summed E-state index contributed by atoms with van der Waals surface area (Å²) in [6.07, 6.45) is 1.60. The van der Waals surface area contributed by atoms with E-state index in [1.165, 1.54) is 0 Å². The van der Waals surface area contributed by atoms with Crippen LogP contribution in [0.3, 0.4) is 0 Å². The van der Waals surface area contributed by atoms with Crippen molar-refractivity contribution in [2.75, 3.05) is 32.8 Å². The summed E-state index contributed by atoms with van der Waals surface area (Å²) in [6.45, 7) is 5.16. The van der Waals surface area contributed by atoms with Crippen LogP contribution in [-0.2, 0) is 14.3 Å². The van der Waals surface area contributed by atoms with Gasteiger partial charge in [-0.25, -0.2) is 0 Å². The summed E-state index contributed by atoms with van der Waals surface area (Å²) in [5, 5.41) is 0. The fourth-order valence-electron chi connectivity index (χ4n) is 3.72. The Morgan fingerprint density at radius 3 is 2.68 bits per heavy atom. The minimum atomic E-state index is -0.305. The molecule has 0 unspecified atom stereocenters. The average Bonchev–Trinajstić information content (AvgIpc) is 2.67.